The van der Waals surface area contributed by atoms with E-state index >= 15 is 0 Å². The molecule has 1 aromatic rings. The highest BCUT2D eigenvalue weighted by atomic mass is 35.5. The summed E-state index contributed by atoms with van der Waals surface area (Å²) in [7, 11) is 0. The number of amides is 1. The second-order valence-corrected chi connectivity index (χ2v) is 6.98. The minimum Gasteiger partial charge on any atom is -0.310 e. The number of hydrogen-bond acceptors (Lipinski definition) is 2. The number of nitrogens with zero attached hydrogens (tertiary/aromatic N) is 1. The molecule has 2 aliphatic rings. The van der Waals surface area contributed by atoms with Crippen LogP contribution in [0.1, 0.15) is 44.7 Å². The zero-order valence-electron chi connectivity index (χ0n) is 13.1. The second kappa shape index (κ2) is 5.98. The maximum absolute atomic E-state index is 12.6. The van der Waals surface area contributed by atoms with E-state index in [1.807, 2.05) is 4.90 Å². The van der Waals surface area contributed by atoms with E-state index in [0.29, 0.717) is 0 Å². The van der Waals surface area contributed by atoms with E-state index in [0.717, 1.165) is 38.0 Å². The summed E-state index contributed by atoms with van der Waals surface area (Å²) in [5, 5.41) is 3.31. The zero-order valence-corrected chi connectivity index (χ0v) is 13.9. The smallest absolute Gasteiger partial charge is 0.244 e. The molecule has 4 heteroatoms. The van der Waals surface area contributed by atoms with Crippen LogP contribution in [0.15, 0.2) is 18.2 Å². The third kappa shape index (κ3) is 3.09. The number of fused-ring (bicyclic) bond motifs is 1. The molecular formula is C17H25ClN2O. The molecule has 1 saturated heterocycles. The van der Waals surface area contributed by atoms with Gasteiger partial charge in [0.05, 0.1) is 6.04 Å². The van der Waals surface area contributed by atoms with Crippen LogP contribution >= 0.6 is 12.4 Å². The van der Waals surface area contributed by atoms with Crippen LogP contribution in [0.5, 0.6) is 0 Å². The lowest BCUT2D eigenvalue weighted by Gasteiger charge is -2.23. The Morgan fingerprint density at radius 3 is 2.71 bits per heavy atom. The number of hydrogen-bond donors (Lipinski definition) is 1. The lowest BCUT2D eigenvalue weighted by Crippen LogP contribution is -2.42. The average Bonchev–Trinajstić information content (AvgIpc) is 3.06. The summed E-state index contributed by atoms with van der Waals surface area (Å²) in [6.07, 6.45) is 3.07. The van der Waals surface area contributed by atoms with Crippen molar-refractivity contribution >= 4 is 24.0 Å². The first kappa shape index (κ1) is 16.3. The van der Waals surface area contributed by atoms with Crippen molar-refractivity contribution in [3.05, 3.63) is 29.3 Å². The van der Waals surface area contributed by atoms with Gasteiger partial charge < -0.3 is 10.2 Å². The molecule has 1 N–H and O–H groups in total. The number of carbonyl (C=O) groups is 1. The van der Waals surface area contributed by atoms with E-state index in [9.17, 15) is 4.79 Å². The Kier molecular flexibility index (Phi) is 4.64. The lowest BCUT2D eigenvalue weighted by molar-refractivity contribution is -0.120. The normalized spacial score (nSPS) is 21.1. The summed E-state index contributed by atoms with van der Waals surface area (Å²) in [6, 6.07) is 6.62. The molecule has 0 bridgehead atoms. The molecular weight excluding hydrogens is 284 g/mol. The highest BCUT2D eigenvalue weighted by Gasteiger charge is 2.32. The molecule has 21 heavy (non-hydrogen) atoms. The highest BCUT2D eigenvalue weighted by molar-refractivity contribution is 5.99. The minimum absolute atomic E-state index is 0. The van der Waals surface area contributed by atoms with E-state index < -0.39 is 0 Å². The zero-order chi connectivity index (χ0) is 14.3. The topological polar surface area (TPSA) is 32.3 Å². The molecule has 0 saturated carbocycles. The number of anilines is 1. The van der Waals surface area contributed by atoms with Gasteiger partial charge in [-0.25, -0.2) is 0 Å². The van der Waals surface area contributed by atoms with Gasteiger partial charge in [0, 0.05) is 12.2 Å². The lowest BCUT2D eigenvalue weighted by atomic mass is 9.86. The van der Waals surface area contributed by atoms with Crippen LogP contribution in [-0.4, -0.2) is 25.0 Å². The number of halogens is 1. The van der Waals surface area contributed by atoms with Crippen LogP contribution in [0.25, 0.3) is 0 Å². The van der Waals surface area contributed by atoms with Gasteiger partial charge in [-0.15, -0.1) is 12.4 Å². The second-order valence-electron chi connectivity index (χ2n) is 6.98. The Bertz CT molecular complexity index is 530. The Balaban J connectivity index is 0.00000161. The monoisotopic (exact) mass is 308 g/mol. The van der Waals surface area contributed by atoms with Gasteiger partial charge in [0.1, 0.15) is 0 Å². The molecule has 1 atom stereocenters. The van der Waals surface area contributed by atoms with Crippen LogP contribution in [-0.2, 0) is 16.6 Å². The van der Waals surface area contributed by atoms with Gasteiger partial charge in [0.15, 0.2) is 0 Å². The van der Waals surface area contributed by atoms with Crippen molar-refractivity contribution in [1.29, 1.82) is 0 Å². The third-order valence-corrected chi connectivity index (χ3v) is 4.47. The fourth-order valence-electron chi connectivity index (χ4n) is 3.18. The fraction of sp³-hybridized carbons (Fsp3) is 0.588. The third-order valence-electron chi connectivity index (χ3n) is 4.47. The maximum atomic E-state index is 12.6. The molecule has 0 aliphatic carbocycles. The quantitative estimate of drug-likeness (QED) is 0.865. The van der Waals surface area contributed by atoms with Gasteiger partial charge >= 0.3 is 0 Å². The van der Waals surface area contributed by atoms with Crippen LogP contribution in [0.4, 0.5) is 5.69 Å². The summed E-state index contributed by atoms with van der Waals surface area (Å²) in [5.41, 5.74) is 3.96. The van der Waals surface area contributed by atoms with Gasteiger partial charge in [-0.3, -0.25) is 4.79 Å². The first-order chi connectivity index (χ1) is 9.47. The molecule has 1 aromatic carbocycles. The van der Waals surface area contributed by atoms with Gasteiger partial charge in [0.25, 0.3) is 0 Å². The molecule has 1 unspecified atom stereocenters. The number of nitrogens with one attached hydrogen (secondary N) is 1. The largest absolute Gasteiger partial charge is 0.310 e. The predicted octanol–water partition coefficient (Wildman–Crippen LogP) is 3.05. The van der Waals surface area contributed by atoms with Crippen molar-refractivity contribution in [2.45, 2.75) is 51.5 Å². The summed E-state index contributed by atoms with van der Waals surface area (Å²) >= 11 is 0. The fourth-order valence-corrected chi connectivity index (χ4v) is 3.18. The number of benzene rings is 1. The summed E-state index contributed by atoms with van der Waals surface area (Å²) < 4.78 is 0. The highest BCUT2D eigenvalue weighted by Crippen LogP contribution is 2.33. The van der Waals surface area contributed by atoms with Crippen molar-refractivity contribution in [1.82, 2.24) is 5.32 Å². The molecule has 0 radical (unpaired) electrons. The molecule has 3 rings (SSSR count). The predicted molar refractivity (Wildman–Crippen MR) is 89.5 cm³/mol. The van der Waals surface area contributed by atoms with Crippen LogP contribution in [0, 0.1) is 0 Å². The minimum atomic E-state index is 0. The molecule has 3 nitrogen and oxygen atoms in total. The van der Waals surface area contributed by atoms with Gasteiger partial charge in [-0.2, -0.15) is 0 Å². The van der Waals surface area contributed by atoms with Crippen molar-refractivity contribution in [3.63, 3.8) is 0 Å². The van der Waals surface area contributed by atoms with Crippen molar-refractivity contribution in [2.24, 2.45) is 0 Å². The molecule has 1 amide bonds. The van der Waals surface area contributed by atoms with Crippen LogP contribution in [0.3, 0.4) is 0 Å². The number of carbonyl (C=O) groups excluding carboxylic acids is 1. The summed E-state index contributed by atoms with van der Waals surface area (Å²) in [5.74, 6) is 0.254. The van der Waals surface area contributed by atoms with Crippen LogP contribution in [0.2, 0.25) is 0 Å². The first-order valence-electron chi connectivity index (χ1n) is 7.65. The molecule has 0 spiro atoms. The van der Waals surface area contributed by atoms with E-state index in [1.54, 1.807) is 0 Å². The van der Waals surface area contributed by atoms with Gasteiger partial charge in [-0.1, -0.05) is 32.9 Å². The summed E-state index contributed by atoms with van der Waals surface area (Å²) in [4.78, 5) is 14.5. The van der Waals surface area contributed by atoms with E-state index in [4.69, 9.17) is 0 Å². The number of rotatable bonds is 1. The Labute approximate surface area is 133 Å². The van der Waals surface area contributed by atoms with Gasteiger partial charge in [-0.05, 0) is 48.4 Å². The van der Waals surface area contributed by atoms with Crippen molar-refractivity contribution in [3.8, 4) is 0 Å². The van der Waals surface area contributed by atoms with E-state index in [1.165, 1.54) is 11.1 Å². The average molecular weight is 309 g/mol. The Morgan fingerprint density at radius 2 is 2.10 bits per heavy atom. The Hall–Kier alpha value is -1.06. The van der Waals surface area contributed by atoms with E-state index in [-0.39, 0.29) is 29.8 Å². The molecule has 1 fully saturated rings. The van der Waals surface area contributed by atoms with Gasteiger partial charge in [0.2, 0.25) is 5.91 Å². The Morgan fingerprint density at radius 1 is 1.33 bits per heavy atom. The first-order valence-corrected chi connectivity index (χ1v) is 7.65. The van der Waals surface area contributed by atoms with Crippen molar-refractivity contribution < 1.29 is 4.79 Å². The maximum Gasteiger partial charge on any atom is 0.244 e. The van der Waals surface area contributed by atoms with Crippen LogP contribution < -0.4 is 10.2 Å². The molecule has 116 valence electrons. The molecule has 2 aliphatic heterocycles. The summed E-state index contributed by atoms with van der Waals surface area (Å²) in [6.45, 7) is 8.50. The van der Waals surface area contributed by atoms with Crippen molar-refractivity contribution in [2.75, 3.05) is 18.0 Å². The van der Waals surface area contributed by atoms with E-state index in [2.05, 4.69) is 44.3 Å². The SMILES string of the molecule is CC(C)(C)c1ccc2c(c1)CCN2C(=O)C1CCCN1.Cl. The molecule has 0 aromatic heterocycles. The molecule has 2 heterocycles. The standard InChI is InChI=1S/C17H24N2O.ClH/c1-17(2,3)13-6-7-15-12(11-13)8-10-19(15)16(20)14-5-4-9-18-14;/h6-7,11,14,18H,4-5,8-10H2,1-3H3;1H.